The molecule has 0 bridgehead atoms. The van der Waals surface area contributed by atoms with Crippen LogP contribution in [0.2, 0.25) is 0 Å². The summed E-state index contributed by atoms with van der Waals surface area (Å²) in [5.41, 5.74) is 4.93. The summed E-state index contributed by atoms with van der Waals surface area (Å²) < 4.78 is 0.706. The molecule has 31 heavy (non-hydrogen) atoms. The quantitative estimate of drug-likeness (QED) is 0.602. The minimum absolute atomic E-state index is 0. The average molecular weight is 446 g/mol. The lowest BCUT2D eigenvalue weighted by Gasteiger charge is -2.49. The van der Waals surface area contributed by atoms with Crippen molar-refractivity contribution in [2.45, 2.75) is 39.2 Å². The van der Waals surface area contributed by atoms with Crippen molar-refractivity contribution < 1.29 is 31.6 Å². The number of aliphatic carboxylic acids is 1. The molecule has 1 aromatic carbocycles. The Morgan fingerprint density at radius 2 is 2.00 bits per heavy atom. The summed E-state index contributed by atoms with van der Waals surface area (Å²) in [6.07, 6.45) is 6.02. The molecule has 2 heterocycles. The molecule has 1 aliphatic carbocycles. The second-order valence-corrected chi connectivity index (χ2v) is 8.88. The van der Waals surface area contributed by atoms with E-state index in [0.29, 0.717) is 24.0 Å². The molecule has 1 aromatic heterocycles. The molecular weight excluding hydrogens is 414 g/mol. The van der Waals surface area contributed by atoms with E-state index in [1.165, 1.54) is 22.1 Å². The zero-order valence-electron chi connectivity index (χ0n) is 18.5. The number of fused-ring (bicyclic) bond motifs is 2. The number of H-pyrrole nitrogens is 1. The number of aromatic nitrogens is 1. The number of hydrogen-bond acceptors (Lipinski definition) is 2. The Balaban J connectivity index is 0.00000272. The fourth-order valence-electron chi connectivity index (χ4n) is 5.52. The van der Waals surface area contributed by atoms with Crippen molar-refractivity contribution in [2.24, 2.45) is 5.92 Å². The maximum absolute atomic E-state index is 13.3. The summed E-state index contributed by atoms with van der Waals surface area (Å²) in [7, 11) is 2.21. The van der Waals surface area contributed by atoms with Gasteiger partial charge in [-0.05, 0) is 31.0 Å². The Bertz CT molecular complexity index is 1010. The number of quaternary nitrogens is 1. The number of aromatic amines is 1. The number of nitrogens with zero attached hydrogens (tertiary/aromatic N) is 2. The van der Waals surface area contributed by atoms with Crippen molar-refractivity contribution in [1.82, 2.24) is 9.88 Å². The van der Waals surface area contributed by atoms with Gasteiger partial charge in [-0.25, -0.2) is 0 Å². The second kappa shape index (κ2) is 9.05. The molecule has 0 fully saturated rings. The van der Waals surface area contributed by atoms with Gasteiger partial charge in [0.1, 0.15) is 12.0 Å². The van der Waals surface area contributed by atoms with Gasteiger partial charge in [0.25, 0.3) is 0 Å². The summed E-state index contributed by atoms with van der Waals surface area (Å²) >= 11 is 0. The largest absolute Gasteiger partial charge is 1.00 e. The molecule has 1 aliphatic heterocycles. The minimum Gasteiger partial charge on any atom is -1.00 e. The van der Waals surface area contributed by atoms with Gasteiger partial charge in [0, 0.05) is 48.6 Å². The van der Waals surface area contributed by atoms with Crippen LogP contribution in [0.1, 0.15) is 37.8 Å². The Hall–Kier alpha value is -2.31. The molecular formula is C24H32ClN3O3. The number of nitrogens with one attached hydrogen (secondary N) is 1. The topological polar surface area (TPSA) is 73.4 Å². The van der Waals surface area contributed by atoms with E-state index in [9.17, 15) is 9.59 Å². The molecule has 168 valence electrons. The van der Waals surface area contributed by atoms with Crippen LogP contribution in [0.4, 0.5) is 0 Å². The number of carboxylic acid groups (broad SMARTS) is 1. The van der Waals surface area contributed by atoms with E-state index in [1.807, 2.05) is 18.7 Å². The van der Waals surface area contributed by atoms with Gasteiger partial charge in [0.15, 0.2) is 0 Å². The van der Waals surface area contributed by atoms with Crippen LogP contribution in [0.25, 0.3) is 16.5 Å². The van der Waals surface area contributed by atoms with Gasteiger partial charge >= 0.3 is 5.97 Å². The Kier molecular flexibility index (Phi) is 6.82. The molecule has 1 amide bonds. The predicted molar refractivity (Wildman–Crippen MR) is 118 cm³/mol. The number of halogens is 1. The van der Waals surface area contributed by atoms with Gasteiger partial charge in [-0.15, -0.1) is 0 Å². The minimum atomic E-state index is -0.758. The Morgan fingerprint density at radius 3 is 2.68 bits per heavy atom. The molecule has 6 nitrogen and oxygen atoms in total. The highest BCUT2D eigenvalue weighted by Gasteiger charge is 2.46. The molecule has 0 saturated carbocycles. The molecule has 7 heteroatoms. The maximum Gasteiger partial charge on any atom is 0.303 e. The van der Waals surface area contributed by atoms with Crippen molar-refractivity contribution in [3.05, 3.63) is 41.6 Å². The molecule has 3 atom stereocenters. The summed E-state index contributed by atoms with van der Waals surface area (Å²) in [6.45, 7) is 6.94. The fourth-order valence-corrected chi connectivity index (χ4v) is 5.52. The third kappa shape index (κ3) is 4.11. The van der Waals surface area contributed by atoms with E-state index in [1.54, 1.807) is 0 Å². The third-order valence-electron chi connectivity index (χ3n) is 7.07. The lowest BCUT2D eigenvalue weighted by molar-refractivity contribution is -0.928. The number of carbonyl (C=O) groups excluding carboxylic acids is 1. The summed E-state index contributed by atoms with van der Waals surface area (Å²) in [5.74, 6) is -0.756. The van der Waals surface area contributed by atoms with Crippen LogP contribution in [0, 0.1) is 5.92 Å². The number of amides is 1. The van der Waals surface area contributed by atoms with E-state index in [-0.39, 0.29) is 36.7 Å². The first kappa shape index (κ1) is 23.4. The number of likely N-dealkylation sites (N-methyl/N-ethyl adjacent to an activating group) is 1. The number of benzene rings is 1. The zero-order chi connectivity index (χ0) is 21.5. The van der Waals surface area contributed by atoms with Crippen LogP contribution in [0.15, 0.2) is 30.5 Å². The predicted octanol–water partition coefficient (Wildman–Crippen LogP) is 0.290. The summed E-state index contributed by atoms with van der Waals surface area (Å²) in [4.78, 5) is 29.8. The van der Waals surface area contributed by atoms with Crippen molar-refractivity contribution >= 4 is 28.4 Å². The summed E-state index contributed by atoms with van der Waals surface area (Å²) in [5, 5.41) is 10.4. The van der Waals surface area contributed by atoms with Crippen molar-refractivity contribution in [3.8, 4) is 0 Å². The maximum atomic E-state index is 13.3. The monoisotopic (exact) mass is 445 g/mol. The highest BCUT2D eigenvalue weighted by molar-refractivity contribution is 5.99. The van der Waals surface area contributed by atoms with Gasteiger partial charge in [-0.3, -0.25) is 9.59 Å². The first-order valence-electron chi connectivity index (χ1n) is 11.0. The third-order valence-corrected chi connectivity index (χ3v) is 7.07. The molecule has 0 spiro atoms. The number of rotatable bonds is 7. The highest BCUT2D eigenvalue weighted by atomic mass is 35.5. The molecule has 1 unspecified atom stereocenters. The fraction of sp³-hybridized carbons (Fsp3) is 0.500. The molecule has 2 aromatic rings. The normalized spacial score (nSPS) is 24.2. The van der Waals surface area contributed by atoms with Crippen LogP contribution in [-0.4, -0.2) is 70.6 Å². The van der Waals surface area contributed by atoms with Crippen molar-refractivity contribution in [2.75, 3.05) is 33.2 Å². The van der Waals surface area contributed by atoms with E-state index in [0.717, 1.165) is 25.0 Å². The Morgan fingerprint density at radius 1 is 1.26 bits per heavy atom. The smallest absolute Gasteiger partial charge is 0.303 e. The van der Waals surface area contributed by atoms with E-state index < -0.39 is 5.97 Å². The van der Waals surface area contributed by atoms with Crippen LogP contribution in [0.3, 0.4) is 0 Å². The molecule has 2 N–H and O–H groups in total. The molecule has 4 rings (SSSR count). The standard InChI is InChI=1S/C24H31N3O3.ClH/c1-4-26(5-2)24(30)17-12-19-18-8-6-9-20-23(18)16(14-25-20)13-21(19)27(3,15-17)11-7-10-22(28)29;/h6,8-9,12,14,17,21,25H,4-5,7,10-11,13,15H2,1-3H3;1H/t17-,21-,27?;/m1./s1. The van der Waals surface area contributed by atoms with Crippen LogP contribution in [-0.2, 0) is 16.0 Å². The lowest BCUT2D eigenvalue weighted by Crippen LogP contribution is -3.00. The SMILES string of the molecule is CCN(CC)C(=O)[C@@H]1C=C2c3cccc4[nH]cc(c34)C[C@H]2[N+](C)(CCCC(=O)O)C1.[Cl-]. The number of hydrogen-bond donors (Lipinski definition) is 2. The number of carboxylic acids is 1. The van der Waals surface area contributed by atoms with Crippen LogP contribution in [0.5, 0.6) is 0 Å². The molecule has 2 aliphatic rings. The van der Waals surface area contributed by atoms with Crippen LogP contribution < -0.4 is 12.4 Å². The zero-order valence-corrected chi connectivity index (χ0v) is 19.3. The first-order valence-corrected chi connectivity index (χ1v) is 11.0. The van der Waals surface area contributed by atoms with Crippen molar-refractivity contribution in [1.29, 1.82) is 0 Å². The second-order valence-electron chi connectivity index (χ2n) is 8.88. The summed E-state index contributed by atoms with van der Waals surface area (Å²) in [6, 6.07) is 6.59. The average Bonchev–Trinajstić information content (AvgIpc) is 3.13. The Labute approximate surface area is 189 Å². The number of carbonyl (C=O) groups is 2. The lowest BCUT2D eigenvalue weighted by atomic mass is 9.78. The van der Waals surface area contributed by atoms with Crippen LogP contribution >= 0.6 is 0 Å². The van der Waals surface area contributed by atoms with E-state index in [2.05, 4.69) is 42.5 Å². The van der Waals surface area contributed by atoms with Gasteiger partial charge in [0.05, 0.1) is 26.6 Å². The molecule has 0 saturated heterocycles. The van der Waals surface area contributed by atoms with Gasteiger partial charge in [-0.1, -0.05) is 18.2 Å². The molecule has 0 radical (unpaired) electrons. The van der Waals surface area contributed by atoms with E-state index >= 15 is 0 Å². The van der Waals surface area contributed by atoms with Gasteiger partial charge < -0.3 is 31.9 Å². The van der Waals surface area contributed by atoms with E-state index in [4.69, 9.17) is 5.11 Å². The van der Waals surface area contributed by atoms with Gasteiger partial charge in [0.2, 0.25) is 5.91 Å². The van der Waals surface area contributed by atoms with Gasteiger partial charge in [-0.2, -0.15) is 0 Å². The van der Waals surface area contributed by atoms with Crippen molar-refractivity contribution in [3.63, 3.8) is 0 Å². The first-order chi connectivity index (χ1) is 14.4. The highest BCUT2D eigenvalue weighted by Crippen LogP contribution is 2.44.